The number of ether oxygens (including phenoxy) is 1. The van der Waals surface area contributed by atoms with Crippen molar-refractivity contribution in [3.63, 3.8) is 0 Å². The number of esters is 1. The summed E-state index contributed by atoms with van der Waals surface area (Å²) in [6, 6.07) is -0.710. The zero-order valence-corrected chi connectivity index (χ0v) is 42.2. The van der Waals surface area contributed by atoms with E-state index < -0.39 is 18.2 Å². The molecule has 0 aromatic heterocycles. The number of aliphatic hydroxyl groups excluding tert-OH is 2. The summed E-state index contributed by atoms with van der Waals surface area (Å²) < 4.78 is 5.93. The molecule has 0 saturated heterocycles. The monoisotopic (exact) mass is 886 g/mol. The lowest BCUT2D eigenvalue weighted by molar-refractivity contribution is -0.151. The Bertz CT molecular complexity index is 1040. The lowest BCUT2D eigenvalue weighted by Crippen LogP contribution is -2.46. The van der Waals surface area contributed by atoms with Crippen molar-refractivity contribution in [2.45, 2.75) is 309 Å². The fourth-order valence-electron chi connectivity index (χ4n) is 8.61. The summed E-state index contributed by atoms with van der Waals surface area (Å²) in [6.45, 7) is 6.37. The zero-order valence-electron chi connectivity index (χ0n) is 42.2. The van der Waals surface area contributed by atoms with Gasteiger partial charge in [0.1, 0.15) is 6.10 Å². The van der Waals surface area contributed by atoms with Crippen LogP contribution in [0.4, 0.5) is 0 Å². The van der Waals surface area contributed by atoms with Gasteiger partial charge in [0.05, 0.1) is 25.2 Å². The maximum absolute atomic E-state index is 13.2. The number of hydrogen-bond donors (Lipinski definition) is 3. The highest BCUT2D eigenvalue weighted by atomic mass is 16.5. The van der Waals surface area contributed by atoms with Crippen molar-refractivity contribution >= 4 is 11.9 Å². The Hall–Kier alpha value is -1.92. The van der Waals surface area contributed by atoms with Gasteiger partial charge in [0.15, 0.2) is 0 Å². The molecule has 370 valence electrons. The highest BCUT2D eigenvalue weighted by Gasteiger charge is 2.24. The van der Waals surface area contributed by atoms with Crippen LogP contribution in [0.15, 0.2) is 36.5 Å². The third-order valence-electron chi connectivity index (χ3n) is 12.8. The molecule has 63 heavy (non-hydrogen) atoms. The molecular weight excluding hydrogens is 779 g/mol. The molecule has 0 aromatic carbocycles. The summed E-state index contributed by atoms with van der Waals surface area (Å²) in [6.07, 6.45) is 60.8. The van der Waals surface area contributed by atoms with Crippen LogP contribution in [-0.2, 0) is 14.3 Å². The summed E-state index contributed by atoms with van der Waals surface area (Å²) in [5.41, 5.74) is 0. The number of unbranched alkanes of at least 4 members (excludes halogenated alkanes) is 34. The normalized spacial score (nSPS) is 13.4. The van der Waals surface area contributed by atoms with Gasteiger partial charge in [-0.1, -0.05) is 269 Å². The van der Waals surface area contributed by atoms with E-state index in [9.17, 15) is 19.8 Å². The number of aliphatic hydroxyl groups is 2. The molecule has 0 saturated carbocycles. The third-order valence-corrected chi connectivity index (χ3v) is 12.8. The standard InChI is InChI=1S/C57H107NO5/c1-4-7-10-13-16-19-22-24-26-28-29-31-34-37-40-43-46-49-55(60)54(52-59)58-56(61)51-53(48-45-42-39-36-33-21-18-15-12-9-6-3)63-57(62)50-47-44-41-38-35-32-30-27-25-23-20-17-14-11-8-5-2/h9,12,15,18,21,33,53-55,59-60H,4-8,10-11,13-14,16-17,19-20,22-32,34-52H2,1-3H3,(H,58,61)/b12-9+,18-15+,33-21-. The molecule has 3 atom stereocenters. The molecule has 1 amide bonds. The summed E-state index contributed by atoms with van der Waals surface area (Å²) >= 11 is 0. The number of allylic oxidation sites excluding steroid dienone is 6. The second-order valence-electron chi connectivity index (χ2n) is 19.0. The number of hydrogen-bond acceptors (Lipinski definition) is 5. The van der Waals surface area contributed by atoms with Gasteiger partial charge in [-0.2, -0.15) is 0 Å². The molecule has 0 rings (SSSR count). The van der Waals surface area contributed by atoms with E-state index in [1.165, 1.54) is 173 Å². The maximum Gasteiger partial charge on any atom is 0.306 e. The molecule has 0 aliphatic heterocycles. The predicted molar refractivity (Wildman–Crippen MR) is 273 cm³/mol. The lowest BCUT2D eigenvalue weighted by Gasteiger charge is -2.24. The van der Waals surface area contributed by atoms with E-state index in [1.807, 2.05) is 6.08 Å². The highest BCUT2D eigenvalue weighted by molar-refractivity contribution is 5.77. The number of carbonyl (C=O) groups is 2. The number of carbonyl (C=O) groups excluding carboxylic acids is 2. The van der Waals surface area contributed by atoms with Crippen LogP contribution < -0.4 is 5.32 Å². The number of nitrogens with one attached hydrogen (secondary N) is 1. The Morgan fingerprint density at radius 3 is 1.29 bits per heavy atom. The topological polar surface area (TPSA) is 95.9 Å². The minimum atomic E-state index is -0.795. The second-order valence-corrected chi connectivity index (χ2v) is 19.0. The molecule has 3 N–H and O–H groups in total. The van der Waals surface area contributed by atoms with Crippen LogP contribution in [-0.4, -0.2) is 46.9 Å². The van der Waals surface area contributed by atoms with E-state index in [4.69, 9.17) is 4.74 Å². The largest absolute Gasteiger partial charge is 0.462 e. The Morgan fingerprint density at radius 2 is 0.857 bits per heavy atom. The van der Waals surface area contributed by atoms with Crippen LogP contribution in [0.5, 0.6) is 0 Å². The molecule has 0 aliphatic rings. The number of amides is 1. The first-order valence-electron chi connectivity index (χ1n) is 27.7. The Kier molecular flexibility index (Phi) is 49.5. The van der Waals surface area contributed by atoms with Gasteiger partial charge in [-0.25, -0.2) is 0 Å². The van der Waals surface area contributed by atoms with Gasteiger partial charge in [-0.15, -0.1) is 0 Å². The van der Waals surface area contributed by atoms with Crippen LogP contribution in [0.1, 0.15) is 290 Å². The smallest absolute Gasteiger partial charge is 0.306 e. The predicted octanol–water partition coefficient (Wildman–Crippen LogP) is 16.8. The average molecular weight is 886 g/mol. The van der Waals surface area contributed by atoms with Crippen molar-refractivity contribution in [1.29, 1.82) is 0 Å². The minimum absolute atomic E-state index is 0.0586. The first-order valence-corrected chi connectivity index (χ1v) is 27.7. The fraction of sp³-hybridized carbons (Fsp3) is 0.860. The highest BCUT2D eigenvalue weighted by Crippen LogP contribution is 2.18. The van der Waals surface area contributed by atoms with Crippen molar-refractivity contribution < 1.29 is 24.5 Å². The molecule has 0 radical (unpaired) electrons. The quantitative estimate of drug-likeness (QED) is 0.0321. The number of rotatable bonds is 50. The molecule has 0 aliphatic carbocycles. The fourth-order valence-corrected chi connectivity index (χ4v) is 8.61. The van der Waals surface area contributed by atoms with Gasteiger partial charge in [0.2, 0.25) is 5.91 Å². The van der Waals surface area contributed by atoms with Crippen LogP contribution >= 0.6 is 0 Å². The SMILES string of the molecule is CC/C=C/C=C/C=C\CCCCCC(CC(=O)NC(CO)C(O)CCCCCCCCCCCCCCCCCCC)OC(=O)CCCCCCCCCCCCCCCCCC. The lowest BCUT2D eigenvalue weighted by atomic mass is 10.0. The van der Waals surface area contributed by atoms with E-state index in [2.05, 4.69) is 56.5 Å². The first-order chi connectivity index (χ1) is 31.0. The van der Waals surface area contributed by atoms with Gasteiger partial charge in [0, 0.05) is 6.42 Å². The summed E-state index contributed by atoms with van der Waals surface area (Å²) in [5, 5.41) is 23.8. The van der Waals surface area contributed by atoms with Gasteiger partial charge < -0.3 is 20.3 Å². The van der Waals surface area contributed by atoms with Crippen molar-refractivity contribution in [2.75, 3.05) is 6.61 Å². The summed E-state index contributed by atoms with van der Waals surface area (Å²) in [5.74, 6) is -0.495. The first kappa shape index (κ1) is 61.1. The molecule has 6 nitrogen and oxygen atoms in total. The average Bonchev–Trinajstić information content (AvgIpc) is 3.28. The van der Waals surface area contributed by atoms with Gasteiger partial charge in [-0.05, 0) is 44.9 Å². The van der Waals surface area contributed by atoms with Gasteiger partial charge >= 0.3 is 5.97 Å². The van der Waals surface area contributed by atoms with Gasteiger partial charge in [-0.3, -0.25) is 9.59 Å². The Labute approximate surface area is 392 Å². The zero-order chi connectivity index (χ0) is 45.9. The Morgan fingerprint density at radius 1 is 0.476 bits per heavy atom. The van der Waals surface area contributed by atoms with Crippen molar-refractivity contribution in [3.05, 3.63) is 36.5 Å². The van der Waals surface area contributed by atoms with Crippen molar-refractivity contribution in [2.24, 2.45) is 0 Å². The van der Waals surface area contributed by atoms with Crippen molar-refractivity contribution in [3.8, 4) is 0 Å². The second kappa shape index (κ2) is 51.1. The molecular formula is C57H107NO5. The van der Waals surface area contributed by atoms with Gasteiger partial charge in [0.25, 0.3) is 0 Å². The minimum Gasteiger partial charge on any atom is -0.462 e. The summed E-state index contributed by atoms with van der Waals surface area (Å²) in [4.78, 5) is 26.2. The van der Waals surface area contributed by atoms with Crippen molar-refractivity contribution in [1.82, 2.24) is 5.32 Å². The van der Waals surface area contributed by atoms with Crippen LogP contribution in [0.25, 0.3) is 0 Å². The van der Waals surface area contributed by atoms with Crippen LogP contribution in [0.2, 0.25) is 0 Å². The van der Waals surface area contributed by atoms with E-state index in [0.717, 1.165) is 70.6 Å². The van der Waals surface area contributed by atoms with E-state index >= 15 is 0 Å². The molecule has 0 spiro atoms. The van der Waals surface area contributed by atoms with Crippen LogP contribution in [0, 0.1) is 0 Å². The summed E-state index contributed by atoms with van der Waals surface area (Å²) in [7, 11) is 0. The molecule has 0 fully saturated rings. The van der Waals surface area contributed by atoms with Crippen LogP contribution in [0.3, 0.4) is 0 Å². The molecule has 3 unspecified atom stereocenters. The van der Waals surface area contributed by atoms with E-state index in [1.54, 1.807) is 0 Å². The molecule has 0 heterocycles. The Balaban J connectivity index is 4.46. The molecule has 6 heteroatoms. The van der Waals surface area contributed by atoms with E-state index in [0.29, 0.717) is 19.3 Å². The van der Waals surface area contributed by atoms with E-state index in [-0.39, 0.29) is 24.9 Å². The third kappa shape index (κ3) is 46.4. The molecule has 0 aromatic rings. The molecule has 0 bridgehead atoms. The maximum atomic E-state index is 13.2.